The molecule has 0 aromatic heterocycles. The van der Waals surface area contributed by atoms with E-state index < -0.39 is 6.10 Å². The highest BCUT2D eigenvalue weighted by Crippen LogP contribution is 2.25. The van der Waals surface area contributed by atoms with Crippen LogP contribution in [-0.4, -0.2) is 36.1 Å². The van der Waals surface area contributed by atoms with Crippen molar-refractivity contribution < 1.29 is 14.7 Å². The fraction of sp³-hybridized carbons (Fsp3) is 0.467. The molecule has 2 rings (SSSR count). The second-order valence-corrected chi connectivity index (χ2v) is 5.54. The van der Waals surface area contributed by atoms with Crippen LogP contribution in [0.25, 0.3) is 0 Å². The van der Waals surface area contributed by atoms with E-state index in [0.29, 0.717) is 30.1 Å². The van der Waals surface area contributed by atoms with Crippen LogP contribution in [0.15, 0.2) is 24.3 Å². The maximum atomic E-state index is 11.9. The first kappa shape index (κ1) is 15.8. The second-order valence-electron chi connectivity index (χ2n) is 5.13. The van der Waals surface area contributed by atoms with E-state index in [0.717, 1.165) is 12.8 Å². The van der Waals surface area contributed by atoms with Gasteiger partial charge in [-0.05, 0) is 31.4 Å². The van der Waals surface area contributed by atoms with Crippen LogP contribution in [0.1, 0.15) is 29.6 Å². The molecule has 1 saturated carbocycles. The van der Waals surface area contributed by atoms with Gasteiger partial charge in [0.05, 0.1) is 22.6 Å². The summed E-state index contributed by atoms with van der Waals surface area (Å²) in [5, 5.41) is 15.5. The van der Waals surface area contributed by atoms with E-state index in [1.54, 1.807) is 24.3 Å². The van der Waals surface area contributed by atoms with Crippen molar-refractivity contribution in [2.45, 2.75) is 25.4 Å². The number of hydrogen-bond acceptors (Lipinski definition) is 3. The van der Waals surface area contributed by atoms with E-state index >= 15 is 0 Å². The topological polar surface area (TPSA) is 78.4 Å². The van der Waals surface area contributed by atoms with Crippen LogP contribution < -0.4 is 10.6 Å². The maximum Gasteiger partial charge on any atom is 0.252 e. The summed E-state index contributed by atoms with van der Waals surface area (Å²) in [6.45, 7) is 0.650. The quantitative estimate of drug-likeness (QED) is 0.718. The lowest BCUT2D eigenvalue weighted by atomic mass is 10.1. The number of halogens is 1. The molecule has 0 radical (unpaired) electrons. The van der Waals surface area contributed by atoms with Crippen molar-refractivity contribution >= 4 is 23.4 Å². The molecule has 114 valence electrons. The van der Waals surface area contributed by atoms with Crippen LogP contribution in [0.5, 0.6) is 0 Å². The van der Waals surface area contributed by atoms with Crippen molar-refractivity contribution in [3.05, 3.63) is 34.9 Å². The number of nitrogens with one attached hydrogen (secondary N) is 2. The van der Waals surface area contributed by atoms with Crippen LogP contribution in [-0.2, 0) is 4.79 Å². The van der Waals surface area contributed by atoms with Crippen molar-refractivity contribution in [2.24, 2.45) is 5.92 Å². The number of carbonyl (C=O) groups is 2. The molecule has 0 spiro atoms. The van der Waals surface area contributed by atoms with Crippen LogP contribution in [0.4, 0.5) is 0 Å². The molecular formula is C15H19ClN2O3. The smallest absolute Gasteiger partial charge is 0.252 e. The number of benzene rings is 1. The summed E-state index contributed by atoms with van der Waals surface area (Å²) in [6, 6.07) is 6.79. The SMILES string of the molecule is O=C(NCCNC(=O)C1CCCC1O)c1ccccc1Cl. The molecule has 0 heterocycles. The molecule has 1 aromatic rings. The Morgan fingerprint density at radius 1 is 1.19 bits per heavy atom. The Morgan fingerprint density at radius 3 is 2.57 bits per heavy atom. The summed E-state index contributed by atoms with van der Waals surface area (Å²) in [6.07, 6.45) is 1.74. The average Bonchev–Trinajstić information content (AvgIpc) is 2.90. The van der Waals surface area contributed by atoms with Gasteiger partial charge in [0.1, 0.15) is 0 Å². The summed E-state index contributed by atoms with van der Waals surface area (Å²) in [5.41, 5.74) is 0.414. The molecule has 1 fully saturated rings. The number of aliphatic hydroxyl groups excluding tert-OH is 1. The molecule has 3 N–H and O–H groups in total. The van der Waals surface area contributed by atoms with E-state index in [4.69, 9.17) is 11.6 Å². The number of rotatable bonds is 5. The lowest BCUT2D eigenvalue weighted by Crippen LogP contribution is -2.39. The molecule has 1 aromatic carbocycles. The Morgan fingerprint density at radius 2 is 1.90 bits per heavy atom. The zero-order chi connectivity index (χ0) is 15.2. The molecule has 0 aliphatic heterocycles. The summed E-state index contributed by atoms with van der Waals surface area (Å²) < 4.78 is 0. The molecule has 6 heteroatoms. The van der Waals surface area contributed by atoms with E-state index in [1.807, 2.05) is 0 Å². The van der Waals surface area contributed by atoms with E-state index in [9.17, 15) is 14.7 Å². The lowest BCUT2D eigenvalue weighted by Gasteiger charge is -2.14. The molecule has 0 bridgehead atoms. The van der Waals surface area contributed by atoms with Crippen LogP contribution in [0, 0.1) is 5.92 Å². The third kappa shape index (κ3) is 4.19. The monoisotopic (exact) mass is 310 g/mol. The van der Waals surface area contributed by atoms with Crippen molar-refractivity contribution in [3.8, 4) is 0 Å². The highest BCUT2D eigenvalue weighted by atomic mass is 35.5. The molecular weight excluding hydrogens is 292 g/mol. The zero-order valence-corrected chi connectivity index (χ0v) is 12.4. The van der Waals surface area contributed by atoms with Gasteiger partial charge < -0.3 is 15.7 Å². The van der Waals surface area contributed by atoms with Gasteiger partial charge in [0.25, 0.3) is 5.91 Å². The van der Waals surface area contributed by atoms with Crippen LogP contribution >= 0.6 is 11.6 Å². The number of hydrogen-bond donors (Lipinski definition) is 3. The Balaban J connectivity index is 1.71. The Kier molecular flexibility index (Phi) is 5.59. The first-order valence-electron chi connectivity index (χ1n) is 7.08. The Labute approximate surface area is 128 Å². The van der Waals surface area contributed by atoms with Crippen LogP contribution in [0.2, 0.25) is 5.02 Å². The van der Waals surface area contributed by atoms with Gasteiger partial charge >= 0.3 is 0 Å². The molecule has 21 heavy (non-hydrogen) atoms. The van der Waals surface area contributed by atoms with Gasteiger partial charge in [0.2, 0.25) is 5.91 Å². The van der Waals surface area contributed by atoms with Crippen molar-refractivity contribution in [1.29, 1.82) is 0 Å². The predicted octanol–water partition coefficient (Wildman–Crippen LogP) is 1.35. The largest absolute Gasteiger partial charge is 0.392 e. The van der Waals surface area contributed by atoms with Gasteiger partial charge in [-0.1, -0.05) is 23.7 Å². The minimum absolute atomic E-state index is 0.146. The Bertz CT molecular complexity index is 521. The molecule has 0 saturated heterocycles. The van der Waals surface area contributed by atoms with Gasteiger partial charge in [0.15, 0.2) is 0 Å². The third-order valence-electron chi connectivity index (χ3n) is 3.64. The van der Waals surface area contributed by atoms with Gasteiger partial charge in [-0.2, -0.15) is 0 Å². The zero-order valence-electron chi connectivity index (χ0n) is 11.6. The number of amides is 2. The molecule has 2 amide bonds. The van der Waals surface area contributed by atoms with Gasteiger partial charge in [-0.15, -0.1) is 0 Å². The molecule has 2 atom stereocenters. The Hall–Kier alpha value is -1.59. The predicted molar refractivity (Wildman–Crippen MR) is 80.1 cm³/mol. The summed E-state index contributed by atoms with van der Waals surface area (Å²) in [7, 11) is 0. The standard InChI is InChI=1S/C15H19ClN2O3/c16-12-6-2-1-4-10(12)14(20)17-8-9-18-15(21)11-5-3-7-13(11)19/h1-2,4,6,11,13,19H,3,5,7-9H2,(H,17,20)(H,18,21). The summed E-state index contributed by atoms with van der Waals surface area (Å²) >= 11 is 5.93. The van der Waals surface area contributed by atoms with E-state index in [-0.39, 0.29) is 17.7 Å². The summed E-state index contributed by atoms with van der Waals surface area (Å²) in [4.78, 5) is 23.7. The van der Waals surface area contributed by atoms with E-state index in [2.05, 4.69) is 10.6 Å². The molecule has 1 aliphatic rings. The highest BCUT2D eigenvalue weighted by Gasteiger charge is 2.30. The van der Waals surface area contributed by atoms with Gasteiger partial charge in [-0.25, -0.2) is 0 Å². The number of aliphatic hydroxyl groups is 1. The molecule has 1 aliphatic carbocycles. The maximum absolute atomic E-state index is 11.9. The second kappa shape index (κ2) is 7.43. The number of carbonyl (C=O) groups excluding carboxylic acids is 2. The van der Waals surface area contributed by atoms with Crippen LogP contribution in [0.3, 0.4) is 0 Å². The first-order chi connectivity index (χ1) is 10.1. The minimum Gasteiger partial charge on any atom is -0.392 e. The lowest BCUT2D eigenvalue weighted by molar-refractivity contribution is -0.127. The van der Waals surface area contributed by atoms with Crippen molar-refractivity contribution in [3.63, 3.8) is 0 Å². The summed E-state index contributed by atoms with van der Waals surface area (Å²) in [5.74, 6) is -0.730. The third-order valence-corrected chi connectivity index (χ3v) is 3.97. The van der Waals surface area contributed by atoms with Crippen molar-refractivity contribution in [2.75, 3.05) is 13.1 Å². The fourth-order valence-electron chi connectivity index (χ4n) is 2.48. The van der Waals surface area contributed by atoms with Gasteiger partial charge in [0, 0.05) is 13.1 Å². The van der Waals surface area contributed by atoms with E-state index in [1.165, 1.54) is 0 Å². The average molecular weight is 311 g/mol. The first-order valence-corrected chi connectivity index (χ1v) is 7.46. The fourth-order valence-corrected chi connectivity index (χ4v) is 2.70. The van der Waals surface area contributed by atoms with Gasteiger partial charge in [-0.3, -0.25) is 9.59 Å². The van der Waals surface area contributed by atoms with Crippen molar-refractivity contribution in [1.82, 2.24) is 10.6 Å². The molecule has 5 nitrogen and oxygen atoms in total. The molecule has 2 unspecified atom stereocenters. The normalized spacial score (nSPS) is 21.0. The minimum atomic E-state index is -0.539. The highest BCUT2D eigenvalue weighted by molar-refractivity contribution is 6.33.